The van der Waals surface area contributed by atoms with Crippen molar-refractivity contribution in [3.8, 4) is 0 Å². The van der Waals surface area contributed by atoms with Crippen LogP contribution in [0, 0.1) is 0 Å². The van der Waals surface area contributed by atoms with Crippen molar-refractivity contribution in [2.45, 2.75) is 32.4 Å². The van der Waals surface area contributed by atoms with Crippen molar-refractivity contribution < 1.29 is 0 Å². The Bertz CT molecular complexity index is 431. The summed E-state index contributed by atoms with van der Waals surface area (Å²) in [5, 5.41) is 5.51. The van der Waals surface area contributed by atoms with Crippen LogP contribution in [0.2, 0.25) is 0 Å². The van der Waals surface area contributed by atoms with Gasteiger partial charge < -0.3 is 9.88 Å². The second kappa shape index (κ2) is 6.03. The van der Waals surface area contributed by atoms with Crippen LogP contribution in [0.1, 0.15) is 36.2 Å². The van der Waals surface area contributed by atoms with Crippen LogP contribution in [0.15, 0.2) is 36.0 Å². The van der Waals surface area contributed by atoms with Gasteiger partial charge in [-0.2, -0.15) is 0 Å². The number of rotatable bonds is 6. The van der Waals surface area contributed by atoms with Crippen molar-refractivity contribution in [3.05, 3.63) is 46.4 Å². The Kier molecular flexibility index (Phi) is 4.40. The fourth-order valence-electron chi connectivity index (χ4n) is 2.11. The minimum atomic E-state index is 0.490. The first-order valence-electron chi connectivity index (χ1n) is 6.18. The zero-order valence-electron chi connectivity index (χ0n) is 10.5. The van der Waals surface area contributed by atoms with Crippen LogP contribution in [0.3, 0.4) is 0 Å². The molecule has 17 heavy (non-hydrogen) atoms. The normalized spacial score (nSPS) is 12.8. The van der Waals surface area contributed by atoms with Gasteiger partial charge in [0.05, 0.1) is 6.54 Å². The highest BCUT2D eigenvalue weighted by Gasteiger charge is 2.09. The Morgan fingerprint density at radius 2 is 2.29 bits per heavy atom. The van der Waals surface area contributed by atoms with E-state index >= 15 is 0 Å². The first-order chi connectivity index (χ1) is 8.33. The molecule has 1 N–H and O–H groups in total. The molecule has 2 heterocycles. The topological polar surface area (TPSA) is 17.0 Å². The quantitative estimate of drug-likeness (QED) is 0.825. The summed E-state index contributed by atoms with van der Waals surface area (Å²) >= 11 is 1.81. The molecule has 0 amide bonds. The first kappa shape index (κ1) is 12.4. The van der Waals surface area contributed by atoms with Gasteiger partial charge >= 0.3 is 0 Å². The molecule has 2 nitrogen and oxygen atoms in total. The fraction of sp³-hybridized carbons (Fsp3) is 0.429. The van der Waals surface area contributed by atoms with E-state index in [1.807, 2.05) is 18.4 Å². The summed E-state index contributed by atoms with van der Waals surface area (Å²) in [6.45, 7) is 3.22. The van der Waals surface area contributed by atoms with E-state index < -0.39 is 0 Å². The van der Waals surface area contributed by atoms with Gasteiger partial charge in [-0.1, -0.05) is 19.4 Å². The number of nitrogens with zero attached hydrogens (tertiary/aromatic N) is 1. The predicted octanol–water partition coefficient (Wildman–Crippen LogP) is 3.66. The molecule has 0 aromatic carbocycles. The molecule has 1 atom stereocenters. The highest BCUT2D eigenvalue weighted by atomic mass is 32.1. The molecule has 0 aliphatic carbocycles. The maximum atomic E-state index is 3.38. The second-order valence-corrected chi connectivity index (χ2v) is 5.36. The lowest BCUT2D eigenvalue weighted by Crippen LogP contribution is -2.15. The van der Waals surface area contributed by atoms with E-state index in [0.29, 0.717) is 6.04 Å². The van der Waals surface area contributed by atoms with Gasteiger partial charge in [-0.15, -0.1) is 11.3 Å². The predicted molar refractivity (Wildman–Crippen MR) is 74.6 cm³/mol. The number of thiophene rings is 1. The number of hydrogen-bond donors (Lipinski definition) is 1. The Morgan fingerprint density at radius 3 is 2.94 bits per heavy atom. The van der Waals surface area contributed by atoms with Gasteiger partial charge in [-0.25, -0.2) is 0 Å². The SMILES string of the molecule is CCCC(NC)c1ccn(Cc2cccs2)c1. The summed E-state index contributed by atoms with van der Waals surface area (Å²) in [6, 6.07) is 7.01. The third kappa shape index (κ3) is 3.20. The highest BCUT2D eigenvalue weighted by Crippen LogP contribution is 2.19. The van der Waals surface area contributed by atoms with Gasteiger partial charge in [0.25, 0.3) is 0 Å². The van der Waals surface area contributed by atoms with E-state index in [2.05, 4.69) is 52.8 Å². The molecule has 0 radical (unpaired) electrons. The Morgan fingerprint density at radius 1 is 1.41 bits per heavy atom. The van der Waals surface area contributed by atoms with Crippen molar-refractivity contribution in [2.24, 2.45) is 0 Å². The van der Waals surface area contributed by atoms with E-state index in [9.17, 15) is 0 Å². The third-order valence-electron chi connectivity index (χ3n) is 3.02. The summed E-state index contributed by atoms with van der Waals surface area (Å²) in [6.07, 6.45) is 6.84. The number of aromatic nitrogens is 1. The molecule has 0 fully saturated rings. The Balaban J connectivity index is 2.04. The van der Waals surface area contributed by atoms with Gasteiger partial charge in [0.1, 0.15) is 0 Å². The molecule has 3 heteroatoms. The lowest BCUT2D eigenvalue weighted by molar-refractivity contribution is 0.540. The van der Waals surface area contributed by atoms with Crippen molar-refractivity contribution >= 4 is 11.3 Å². The molecule has 2 aromatic rings. The average molecular weight is 248 g/mol. The largest absolute Gasteiger partial charge is 0.349 e. The summed E-state index contributed by atoms with van der Waals surface area (Å²) in [5.74, 6) is 0. The zero-order chi connectivity index (χ0) is 12.1. The first-order valence-corrected chi connectivity index (χ1v) is 7.06. The van der Waals surface area contributed by atoms with Crippen molar-refractivity contribution in [1.82, 2.24) is 9.88 Å². The molecule has 92 valence electrons. The maximum Gasteiger partial charge on any atom is 0.0563 e. The lowest BCUT2D eigenvalue weighted by atomic mass is 10.1. The lowest BCUT2D eigenvalue weighted by Gasteiger charge is -2.13. The maximum absolute atomic E-state index is 3.38. The smallest absolute Gasteiger partial charge is 0.0563 e. The molecule has 2 rings (SSSR count). The summed E-state index contributed by atoms with van der Waals surface area (Å²) < 4.78 is 2.27. The highest BCUT2D eigenvalue weighted by molar-refractivity contribution is 7.09. The van der Waals surface area contributed by atoms with Gasteiger partial charge in [-0.05, 0) is 36.5 Å². The standard InChI is InChI=1S/C14H20N2S/c1-3-5-14(15-2)12-7-8-16(10-12)11-13-6-4-9-17-13/h4,6-10,14-15H,3,5,11H2,1-2H3. The van der Waals surface area contributed by atoms with E-state index in [0.717, 1.165) is 6.54 Å². The minimum absolute atomic E-state index is 0.490. The van der Waals surface area contributed by atoms with E-state index in [-0.39, 0.29) is 0 Å². The summed E-state index contributed by atoms with van der Waals surface area (Å²) in [5.41, 5.74) is 1.39. The molecule has 0 aliphatic heterocycles. The fourth-order valence-corrected chi connectivity index (χ4v) is 2.83. The van der Waals surface area contributed by atoms with Crippen molar-refractivity contribution in [2.75, 3.05) is 7.05 Å². The molecule has 0 spiro atoms. The molecule has 2 aromatic heterocycles. The van der Waals surface area contributed by atoms with Crippen LogP contribution in [-0.2, 0) is 6.54 Å². The van der Waals surface area contributed by atoms with Gasteiger partial charge in [0.2, 0.25) is 0 Å². The second-order valence-electron chi connectivity index (χ2n) is 4.33. The van der Waals surface area contributed by atoms with Crippen molar-refractivity contribution in [1.29, 1.82) is 0 Å². The number of nitrogens with one attached hydrogen (secondary N) is 1. The van der Waals surface area contributed by atoms with Crippen LogP contribution in [0.25, 0.3) is 0 Å². The molecule has 0 aliphatic rings. The van der Waals surface area contributed by atoms with E-state index in [1.165, 1.54) is 23.3 Å². The van der Waals surface area contributed by atoms with Crippen LogP contribution in [0.4, 0.5) is 0 Å². The molecular weight excluding hydrogens is 228 g/mol. The third-order valence-corrected chi connectivity index (χ3v) is 3.88. The molecular formula is C14H20N2S. The van der Waals surface area contributed by atoms with Crippen LogP contribution < -0.4 is 5.32 Å². The summed E-state index contributed by atoms with van der Waals surface area (Å²) in [4.78, 5) is 1.41. The Labute approximate surface area is 107 Å². The van der Waals surface area contributed by atoms with Crippen LogP contribution >= 0.6 is 11.3 Å². The van der Waals surface area contributed by atoms with Crippen LogP contribution in [0.5, 0.6) is 0 Å². The van der Waals surface area contributed by atoms with Gasteiger partial charge in [-0.3, -0.25) is 0 Å². The molecule has 0 saturated carbocycles. The summed E-state index contributed by atoms with van der Waals surface area (Å²) in [7, 11) is 2.04. The van der Waals surface area contributed by atoms with Gasteiger partial charge in [0.15, 0.2) is 0 Å². The molecule has 0 bridgehead atoms. The van der Waals surface area contributed by atoms with Crippen molar-refractivity contribution in [3.63, 3.8) is 0 Å². The van der Waals surface area contributed by atoms with E-state index in [1.54, 1.807) is 0 Å². The molecule has 0 saturated heterocycles. The average Bonchev–Trinajstić information content (AvgIpc) is 2.98. The van der Waals surface area contributed by atoms with Crippen LogP contribution in [-0.4, -0.2) is 11.6 Å². The van der Waals surface area contributed by atoms with Gasteiger partial charge in [0, 0.05) is 23.3 Å². The number of hydrogen-bond acceptors (Lipinski definition) is 2. The molecule has 1 unspecified atom stereocenters. The monoisotopic (exact) mass is 248 g/mol. The minimum Gasteiger partial charge on any atom is -0.349 e. The zero-order valence-corrected chi connectivity index (χ0v) is 11.3. The Hall–Kier alpha value is -1.06. The van der Waals surface area contributed by atoms with E-state index in [4.69, 9.17) is 0 Å².